The predicted octanol–water partition coefficient (Wildman–Crippen LogP) is 2.12. The minimum Gasteiger partial charge on any atom is -0.497 e. The first-order chi connectivity index (χ1) is 11.7. The van der Waals surface area contributed by atoms with Crippen LogP contribution in [0.5, 0.6) is 5.75 Å². The lowest BCUT2D eigenvalue weighted by Crippen LogP contribution is -2.13. The topological polar surface area (TPSA) is 85.1 Å². The molecule has 24 heavy (non-hydrogen) atoms. The van der Waals surface area contributed by atoms with E-state index in [0.717, 1.165) is 11.3 Å². The lowest BCUT2D eigenvalue weighted by Gasteiger charge is -2.13. The molecule has 0 saturated carbocycles. The van der Waals surface area contributed by atoms with Gasteiger partial charge in [-0.15, -0.1) is 10.2 Å². The van der Waals surface area contributed by atoms with E-state index in [0.29, 0.717) is 23.9 Å². The van der Waals surface area contributed by atoms with Gasteiger partial charge in [-0.3, -0.25) is 0 Å². The quantitative estimate of drug-likeness (QED) is 0.722. The molecule has 0 saturated heterocycles. The Morgan fingerprint density at radius 1 is 1.21 bits per heavy atom. The standard InChI is InChI=1S/C17H19N5O2/c1-12-8-9-22(21-12)17-7-6-16(19-20-17)18-11-15(23)13-4-3-5-14(10-13)24-2/h3-10,15,23H,11H2,1-2H3,(H,18,19)/t15-/m1/s1. The van der Waals surface area contributed by atoms with Gasteiger partial charge in [0.15, 0.2) is 5.82 Å². The molecule has 0 fully saturated rings. The number of ether oxygens (including phenoxy) is 1. The van der Waals surface area contributed by atoms with Crippen molar-refractivity contribution in [3.63, 3.8) is 0 Å². The van der Waals surface area contributed by atoms with Crippen LogP contribution in [0.3, 0.4) is 0 Å². The van der Waals surface area contributed by atoms with E-state index in [2.05, 4.69) is 20.6 Å². The van der Waals surface area contributed by atoms with Crippen LogP contribution in [0.1, 0.15) is 17.4 Å². The molecule has 124 valence electrons. The summed E-state index contributed by atoms with van der Waals surface area (Å²) >= 11 is 0. The van der Waals surface area contributed by atoms with Crippen molar-refractivity contribution in [3.05, 3.63) is 59.9 Å². The Kier molecular flexibility index (Phi) is 4.72. The van der Waals surface area contributed by atoms with E-state index in [4.69, 9.17) is 4.74 Å². The van der Waals surface area contributed by atoms with Crippen LogP contribution in [0, 0.1) is 6.92 Å². The normalized spacial score (nSPS) is 12.0. The first-order valence-electron chi connectivity index (χ1n) is 7.58. The van der Waals surface area contributed by atoms with Crippen molar-refractivity contribution in [2.45, 2.75) is 13.0 Å². The average molecular weight is 325 g/mol. The fourth-order valence-corrected chi connectivity index (χ4v) is 2.25. The summed E-state index contributed by atoms with van der Waals surface area (Å²) in [4.78, 5) is 0. The van der Waals surface area contributed by atoms with E-state index in [-0.39, 0.29) is 0 Å². The molecule has 7 nitrogen and oxygen atoms in total. The number of benzene rings is 1. The van der Waals surface area contributed by atoms with Crippen molar-refractivity contribution >= 4 is 5.82 Å². The lowest BCUT2D eigenvalue weighted by molar-refractivity contribution is 0.191. The predicted molar refractivity (Wildman–Crippen MR) is 90.3 cm³/mol. The summed E-state index contributed by atoms with van der Waals surface area (Å²) in [6.07, 6.45) is 1.16. The number of anilines is 1. The third-order valence-electron chi connectivity index (χ3n) is 3.56. The number of aryl methyl sites for hydroxylation is 1. The van der Waals surface area contributed by atoms with E-state index in [9.17, 15) is 5.11 Å². The monoisotopic (exact) mass is 325 g/mol. The van der Waals surface area contributed by atoms with Crippen LogP contribution in [0.4, 0.5) is 5.82 Å². The third-order valence-corrected chi connectivity index (χ3v) is 3.56. The number of methoxy groups -OCH3 is 1. The summed E-state index contributed by atoms with van der Waals surface area (Å²) in [6, 6.07) is 12.9. The van der Waals surface area contributed by atoms with Gasteiger partial charge < -0.3 is 15.2 Å². The van der Waals surface area contributed by atoms with Gasteiger partial charge in [0.05, 0.1) is 18.9 Å². The maximum absolute atomic E-state index is 10.3. The van der Waals surface area contributed by atoms with E-state index >= 15 is 0 Å². The number of hydrogen-bond acceptors (Lipinski definition) is 6. The number of nitrogens with one attached hydrogen (secondary N) is 1. The highest BCUT2D eigenvalue weighted by molar-refractivity contribution is 5.37. The first kappa shape index (κ1) is 15.9. The van der Waals surface area contributed by atoms with Crippen LogP contribution >= 0.6 is 0 Å². The van der Waals surface area contributed by atoms with E-state index in [1.807, 2.05) is 43.5 Å². The van der Waals surface area contributed by atoms with E-state index in [1.165, 1.54) is 0 Å². The Balaban J connectivity index is 1.62. The molecule has 0 aliphatic heterocycles. The van der Waals surface area contributed by atoms with Gasteiger partial charge in [0.25, 0.3) is 0 Å². The zero-order valence-corrected chi connectivity index (χ0v) is 13.5. The van der Waals surface area contributed by atoms with Gasteiger partial charge in [0.2, 0.25) is 0 Å². The van der Waals surface area contributed by atoms with Crippen LogP contribution < -0.4 is 10.1 Å². The molecule has 2 N–H and O–H groups in total. The summed E-state index contributed by atoms with van der Waals surface area (Å²) in [5, 5.41) is 25.8. The van der Waals surface area contributed by atoms with Gasteiger partial charge in [-0.2, -0.15) is 5.10 Å². The first-order valence-corrected chi connectivity index (χ1v) is 7.58. The Morgan fingerprint density at radius 2 is 2.08 bits per heavy atom. The molecule has 3 aromatic rings. The molecule has 0 aliphatic carbocycles. The van der Waals surface area contributed by atoms with Crippen LogP contribution in [0.15, 0.2) is 48.7 Å². The lowest BCUT2D eigenvalue weighted by atomic mass is 10.1. The number of nitrogens with zero attached hydrogens (tertiary/aromatic N) is 4. The number of aromatic nitrogens is 4. The second kappa shape index (κ2) is 7.10. The second-order valence-electron chi connectivity index (χ2n) is 5.35. The van der Waals surface area contributed by atoms with Gasteiger partial charge in [-0.1, -0.05) is 12.1 Å². The summed E-state index contributed by atoms with van der Waals surface area (Å²) in [5.41, 5.74) is 1.69. The summed E-state index contributed by atoms with van der Waals surface area (Å²) in [7, 11) is 1.60. The summed E-state index contributed by atoms with van der Waals surface area (Å²) in [5.74, 6) is 1.94. The van der Waals surface area contributed by atoms with Crippen LogP contribution in [-0.4, -0.2) is 38.7 Å². The van der Waals surface area contributed by atoms with Crippen molar-refractivity contribution in [2.24, 2.45) is 0 Å². The molecule has 2 heterocycles. The van der Waals surface area contributed by atoms with Crippen molar-refractivity contribution < 1.29 is 9.84 Å². The van der Waals surface area contributed by atoms with Gasteiger partial charge in [0.1, 0.15) is 11.6 Å². The molecule has 1 atom stereocenters. The number of rotatable bonds is 6. The SMILES string of the molecule is COc1cccc([C@H](O)CNc2ccc(-n3ccc(C)n3)nn2)c1. The molecule has 0 radical (unpaired) electrons. The smallest absolute Gasteiger partial charge is 0.175 e. The fraction of sp³-hybridized carbons (Fsp3) is 0.235. The highest BCUT2D eigenvalue weighted by Crippen LogP contribution is 2.19. The van der Waals surface area contributed by atoms with E-state index < -0.39 is 6.10 Å². The van der Waals surface area contributed by atoms with E-state index in [1.54, 1.807) is 23.9 Å². The van der Waals surface area contributed by atoms with Crippen molar-refractivity contribution in [2.75, 3.05) is 19.0 Å². The molecule has 7 heteroatoms. The average Bonchev–Trinajstić information content (AvgIpc) is 3.06. The molecular formula is C17H19N5O2. The third kappa shape index (κ3) is 3.69. The number of aliphatic hydroxyl groups excluding tert-OH is 1. The fourth-order valence-electron chi connectivity index (χ4n) is 2.25. The van der Waals surface area contributed by atoms with Gasteiger partial charge in [-0.25, -0.2) is 4.68 Å². The minimum atomic E-state index is -0.671. The molecule has 0 amide bonds. The Morgan fingerprint density at radius 3 is 2.75 bits per heavy atom. The largest absolute Gasteiger partial charge is 0.497 e. The van der Waals surface area contributed by atoms with Gasteiger partial charge in [0, 0.05) is 12.7 Å². The number of aliphatic hydroxyl groups is 1. The molecule has 3 rings (SSSR count). The molecule has 0 unspecified atom stereocenters. The maximum atomic E-state index is 10.3. The van der Waals surface area contributed by atoms with Crippen molar-refractivity contribution in [3.8, 4) is 11.6 Å². The second-order valence-corrected chi connectivity index (χ2v) is 5.35. The van der Waals surface area contributed by atoms with Crippen LogP contribution in [-0.2, 0) is 0 Å². The summed E-state index contributed by atoms with van der Waals surface area (Å²) < 4.78 is 6.83. The van der Waals surface area contributed by atoms with Gasteiger partial charge >= 0.3 is 0 Å². The van der Waals surface area contributed by atoms with Crippen LogP contribution in [0.25, 0.3) is 5.82 Å². The van der Waals surface area contributed by atoms with Crippen molar-refractivity contribution in [1.82, 2.24) is 20.0 Å². The Hall–Kier alpha value is -2.93. The molecular weight excluding hydrogens is 306 g/mol. The molecule has 1 aromatic carbocycles. The van der Waals surface area contributed by atoms with Crippen LogP contribution in [0.2, 0.25) is 0 Å². The highest BCUT2D eigenvalue weighted by Gasteiger charge is 2.09. The summed E-state index contributed by atoms with van der Waals surface area (Å²) in [6.45, 7) is 2.24. The molecule has 2 aromatic heterocycles. The zero-order valence-electron chi connectivity index (χ0n) is 13.5. The van der Waals surface area contributed by atoms with Gasteiger partial charge in [-0.05, 0) is 42.8 Å². The Labute approximate surface area is 139 Å². The molecule has 0 bridgehead atoms. The van der Waals surface area contributed by atoms with Crippen molar-refractivity contribution in [1.29, 1.82) is 0 Å². The maximum Gasteiger partial charge on any atom is 0.175 e. The molecule has 0 aliphatic rings. The highest BCUT2D eigenvalue weighted by atomic mass is 16.5. The minimum absolute atomic E-state index is 0.322. The molecule has 0 spiro atoms. The zero-order chi connectivity index (χ0) is 16.9. The Bertz CT molecular complexity index is 801. The number of hydrogen-bond donors (Lipinski definition) is 2.